The molecule has 0 saturated carbocycles. The summed E-state index contributed by atoms with van der Waals surface area (Å²) in [5, 5.41) is 7.57. The molecule has 0 fully saturated rings. The topological polar surface area (TPSA) is 66.2 Å². The van der Waals surface area contributed by atoms with Gasteiger partial charge in [0.25, 0.3) is 0 Å². The van der Waals surface area contributed by atoms with Crippen molar-refractivity contribution in [2.75, 3.05) is 5.32 Å². The van der Waals surface area contributed by atoms with Crippen LogP contribution in [0.4, 0.5) is 11.5 Å². The smallest absolute Gasteiger partial charge is 0.191 e. The fourth-order valence-electron chi connectivity index (χ4n) is 3.89. The van der Waals surface area contributed by atoms with Crippen LogP contribution in [0.3, 0.4) is 0 Å². The second-order valence-electron chi connectivity index (χ2n) is 8.04. The molecule has 168 valence electrons. The summed E-state index contributed by atoms with van der Waals surface area (Å²) >= 11 is 0. The van der Waals surface area contributed by atoms with Crippen LogP contribution in [0.25, 0.3) is 10.9 Å². The number of aromatic amines is 1. The molecule has 34 heavy (non-hydrogen) atoms. The second-order valence-corrected chi connectivity index (χ2v) is 8.04. The highest BCUT2D eigenvalue weighted by molar-refractivity contribution is 5.80. The van der Waals surface area contributed by atoms with Crippen molar-refractivity contribution in [3.63, 3.8) is 0 Å². The molecule has 1 heterocycles. The third kappa shape index (κ3) is 5.17. The highest BCUT2D eigenvalue weighted by Gasteiger charge is 2.06. The monoisotopic (exact) mass is 447 g/mol. The van der Waals surface area contributed by atoms with Crippen LogP contribution in [0.5, 0.6) is 11.5 Å². The Balaban J connectivity index is 1.25. The van der Waals surface area contributed by atoms with Gasteiger partial charge in [-0.05, 0) is 53.6 Å². The molecule has 4 aromatic carbocycles. The number of H-pyrrole nitrogens is 1. The van der Waals surface area contributed by atoms with Crippen molar-refractivity contribution < 1.29 is 4.74 Å². The number of anilines is 2. The average molecular weight is 448 g/mol. The SMILES string of the molecule is O=c1cc(Nc2ccccc2CNCc2cccc(Oc3ccccc3)c2)[nH]c2ccccc12. The third-order valence-corrected chi connectivity index (χ3v) is 5.55. The van der Waals surface area contributed by atoms with Gasteiger partial charge in [-0.15, -0.1) is 0 Å². The molecular formula is C29H25N3O2. The average Bonchev–Trinajstić information content (AvgIpc) is 2.86. The van der Waals surface area contributed by atoms with E-state index in [-0.39, 0.29) is 5.43 Å². The Morgan fingerprint density at radius 2 is 1.47 bits per heavy atom. The molecule has 1 aromatic heterocycles. The number of hydrogen-bond acceptors (Lipinski definition) is 4. The van der Waals surface area contributed by atoms with Crippen molar-refractivity contribution in [1.29, 1.82) is 0 Å². The highest BCUT2D eigenvalue weighted by Crippen LogP contribution is 2.23. The molecule has 5 rings (SSSR count). The minimum Gasteiger partial charge on any atom is -0.457 e. The lowest BCUT2D eigenvalue weighted by Crippen LogP contribution is -2.14. The molecule has 5 nitrogen and oxygen atoms in total. The molecule has 3 N–H and O–H groups in total. The molecule has 0 aliphatic carbocycles. The van der Waals surface area contributed by atoms with Gasteiger partial charge in [-0.3, -0.25) is 4.79 Å². The lowest BCUT2D eigenvalue weighted by atomic mass is 10.1. The first-order valence-electron chi connectivity index (χ1n) is 11.2. The van der Waals surface area contributed by atoms with Gasteiger partial charge in [0, 0.05) is 30.2 Å². The highest BCUT2D eigenvalue weighted by atomic mass is 16.5. The van der Waals surface area contributed by atoms with E-state index in [1.165, 1.54) is 0 Å². The van der Waals surface area contributed by atoms with E-state index < -0.39 is 0 Å². The van der Waals surface area contributed by atoms with Gasteiger partial charge in [0.15, 0.2) is 5.43 Å². The van der Waals surface area contributed by atoms with Crippen LogP contribution in [0, 0.1) is 0 Å². The number of pyridine rings is 1. The lowest BCUT2D eigenvalue weighted by molar-refractivity contribution is 0.481. The summed E-state index contributed by atoms with van der Waals surface area (Å²) in [5.41, 5.74) is 3.99. The minimum atomic E-state index is -0.00920. The van der Waals surface area contributed by atoms with E-state index in [9.17, 15) is 4.79 Å². The van der Waals surface area contributed by atoms with Crippen LogP contribution in [-0.4, -0.2) is 4.98 Å². The van der Waals surface area contributed by atoms with Crippen molar-refractivity contribution >= 4 is 22.4 Å². The lowest BCUT2D eigenvalue weighted by Gasteiger charge is -2.14. The summed E-state index contributed by atoms with van der Waals surface area (Å²) in [6.45, 7) is 1.37. The van der Waals surface area contributed by atoms with Crippen LogP contribution in [0.15, 0.2) is 114 Å². The van der Waals surface area contributed by atoms with Gasteiger partial charge in [-0.1, -0.05) is 60.7 Å². The van der Waals surface area contributed by atoms with Crippen molar-refractivity contribution in [2.24, 2.45) is 0 Å². The third-order valence-electron chi connectivity index (χ3n) is 5.55. The van der Waals surface area contributed by atoms with Crippen molar-refractivity contribution in [2.45, 2.75) is 13.1 Å². The van der Waals surface area contributed by atoms with Gasteiger partial charge >= 0.3 is 0 Å². The van der Waals surface area contributed by atoms with E-state index >= 15 is 0 Å². The number of ether oxygens (including phenoxy) is 1. The Bertz CT molecular complexity index is 1460. The molecule has 5 aromatic rings. The maximum Gasteiger partial charge on any atom is 0.191 e. The first kappa shape index (κ1) is 21.5. The fourth-order valence-corrected chi connectivity index (χ4v) is 3.89. The largest absolute Gasteiger partial charge is 0.457 e. The van der Waals surface area contributed by atoms with Gasteiger partial charge < -0.3 is 20.4 Å². The van der Waals surface area contributed by atoms with Crippen LogP contribution >= 0.6 is 0 Å². The van der Waals surface area contributed by atoms with Crippen molar-refractivity contribution in [3.8, 4) is 11.5 Å². The van der Waals surface area contributed by atoms with Gasteiger partial charge in [-0.2, -0.15) is 0 Å². The molecule has 0 aliphatic rings. The Labute approximate surface area is 198 Å². The molecule has 0 unspecified atom stereocenters. The minimum absolute atomic E-state index is 0.00920. The molecule has 5 heteroatoms. The molecule has 0 bridgehead atoms. The Morgan fingerprint density at radius 1 is 0.706 bits per heavy atom. The zero-order chi connectivity index (χ0) is 23.2. The van der Waals surface area contributed by atoms with E-state index in [4.69, 9.17) is 4.74 Å². The maximum absolute atomic E-state index is 12.5. The molecule has 0 amide bonds. The van der Waals surface area contributed by atoms with Gasteiger partial charge in [0.05, 0.1) is 5.52 Å². The van der Waals surface area contributed by atoms with E-state index in [0.717, 1.165) is 33.8 Å². The number of benzene rings is 4. The predicted molar refractivity (Wildman–Crippen MR) is 138 cm³/mol. The number of nitrogens with one attached hydrogen (secondary N) is 3. The second kappa shape index (κ2) is 10.1. The number of para-hydroxylation sites is 3. The first-order valence-corrected chi connectivity index (χ1v) is 11.2. The first-order chi connectivity index (χ1) is 16.7. The van der Waals surface area contributed by atoms with Gasteiger partial charge in [0.2, 0.25) is 0 Å². The zero-order valence-corrected chi connectivity index (χ0v) is 18.6. The van der Waals surface area contributed by atoms with E-state index in [1.54, 1.807) is 6.07 Å². The predicted octanol–water partition coefficient (Wildman–Crippen LogP) is 6.35. The molecule has 0 saturated heterocycles. The fraction of sp³-hybridized carbons (Fsp3) is 0.0690. The molecule has 0 atom stereocenters. The van der Waals surface area contributed by atoms with E-state index in [0.29, 0.717) is 24.3 Å². The van der Waals surface area contributed by atoms with Gasteiger partial charge in [-0.25, -0.2) is 0 Å². The van der Waals surface area contributed by atoms with Crippen LogP contribution in [0.2, 0.25) is 0 Å². The number of fused-ring (bicyclic) bond motifs is 1. The van der Waals surface area contributed by atoms with Crippen molar-refractivity contribution in [3.05, 3.63) is 131 Å². The number of rotatable bonds is 8. The summed E-state index contributed by atoms with van der Waals surface area (Å²) in [6.07, 6.45) is 0. The van der Waals surface area contributed by atoms with Crippen molar-refractivity contribution in [1.82, 2.24) is 10.3 Å². The van der Waals surface area contributed by atoms with E-state index in [1.807, 2.05) is 91.0 Å². The Kier molecular flexibility index (Phi) is 6.36. The summed E-state index contributed by atoms with van der Waals surface area (Å²) in [7, 11) is 0. The normalized spacial score (nSPS) is 10.8. The maximum atomic E-state index is 12.5. The van der Waals surface area contributed by atoms with Crippen LogP contribution < -0.4 is 20.8 Å². The molecule has 0 spiro atoms. The zero-order valence-electron chi connectivity index (χ0n) is 18.6. The summed E-state index contributed by atoms with van der Waals surface area (Å²) in [5.74, 6) is 2.30. The number of hydrogen-bond donors (Lipinski definition) is 3. The Hall–Kier alpha value is -4.35. The van der Waals surface area contributed by atoms with Crippen LogP contribution in [-0.2, 0) is 13.1 Å². The molecule has 0 aliphatic heterocycles. The van der Waals surface area contributed by atoms with Gasteiger partial charge in [0.1, 0.15) is 17.3 Å². The number of aromatic nitrogens is 1. The standard InChI is InChI=1S/C29H25N3O2/c33-28-18-29(32-27-16-7-5-14-25(27)28)31-26-15-6-4-10-22(26)20-30-19-21-9-8-13-24(17-21)34-23-11-2-1-3-12-23/h1-18,30H,19-20H2,(H2,31,32,33). The van der Waals surface area contributed by atoms with E-state index in [2.05, 4.69) is 27.8 Å². The van der Waals surface area contributed by atoms with Crippen LogP contribution in [0.1, 0.15) is 11.1 Å². The quantitative estimate of drug-likeness (QED) is 0.259. The summed E-state index contributed by atoms with van der Waals surface area (Å²) in [4.78, 5) is 15.8. The summed E-state index contributed by atoms with van der Waals surface area (Å²) in [6, 6.07) is 35.1. The Morgan fingerprint density at radius 3 is 2.38 bits per heavy atom. The summed E-state index contributed by atoms with van der Waals surface area (Å²) < 4.78 is 5.94. The molecule has 0 radical (unpaired) electrons. The molecular weight excluding hydrogens is 422 g/mol.